The molecule has 0 fully saturated rings. The Hall–Kier alpha value is -1.83. The minimum atomic E-state index is -0.0343. The summed E-state index contributed by atoms with van der Waals surface area (Å²) in [6.45, 7) is 6.37. The Labute approximate surface area is 122 Å². The van der Waals surface area contributed by atoms with Crippen LogP contribution in [0.2, 0.25) is 0 Å². The maximum Gasteiger partial charge on any atom is 0.193 e. The Morgan fingerprint density at radius 1 is 1.00 bits per heavy atom. The molecule has 0 bridgehead atoms. The Morgan fingerprint density at radius 2 is 1.55 bits per heavy atom. The SMILES string of the molecule is BC(C)(C)c1ccccc1C(=O)c1ccccc1CC. The smallest absolute Gasteiger partial charge is 0.193 e. The van der Waals surface area contributed by atoms with Crippen LogP contribution in [-0.2, 0) is 11.7 Å². The Kier molecular flexibility index (Phi) is 4.13. The maximum absolute atomic E-state index is 12.9. The number of rotatable bonds is 4. The molecule has 20 heavy (non-hydrogen) atoms. The molecule has 0 aliphatic carbocycles. The number of carbonyl (C=O) groups is 1. The number of ketones is 1. The van der Waals surface area contributed by atoms with Crippen LogP contribution in [0, 0.1) is 0 Å². The summed E-state index contributed by atoms with van der Waals surface area (Å²) in [5.41, 5.74) is 3.87. The molecule has 0 aliphatic heterocycles. The normalized spacial score (nSPS) is 11.3. The topological polar surface area (TPSA) is 17.1 Å². The van der Waals surface area contributed by atoms with E-state index in [9.17, 15) is 4.79 Å². The van der Waals surface area contributed by atoms with Crippen molar-refractivity contribution in [1.82, 2.24) is 0 Å². The predicted molar refractivity (Wildman–Crippen MR) is 87.3 cm³/mol. The number of hydrogen-bond acceptors (Lipinski definition) is 1. The zero-order chi connectivity index (χ0) is 14.8. The molecule has 2 aromatic rings. The largest absolute Gasteiger partial charge is 0.289 e. The lowest BCUT2D eigenvalue weighted by molar-refractivity contribution is 0.103. The average molecular weight is 264 g/mol. The standard InChI is InChI=1S/C18H21BO/c1-4-13-9-5-6-10-14(13)17(20)15-11-7-8-12-16(15)18(2,3)19/h5-12H,4,19H2,1-3H3. The van der Waals surface area contributed by atoms with E-state index >= 15 is 0 Å². The first-order valence-corrected chi connectivity index (χ1v) is 7.17. The van der Waals surface area contributed by atoms with Gasteiger partial charge in [0.15, 0.2) is 5.78 Å². The molecule has 2 aromatic carbocycles. The van der Waals surface area contributed by atoms with E-state index in [-0.39, 0.29) is 11.1 Å². The van der Waals surface area contributed by atoms with Crippen molar-refractivity contribution in [3.05, 3.63) is 70.8 Å². The van der Waals surface area contributed by atoms with Gasteiger partial charge >= 0.3 is 0 Å². The van der Waals surface area contributed by atoms with Gasteiger partial charge in [-0.2, -0.15) is 0 Å². The summed E-state index contributed by atoms with van der Waals surface area (Å²) in [5, 5.41) is -0.0343. The first-order chi connectivity index (χ1) is 9.45. The van der Waals surface area contributed by atoms with Crippen molar-refractivity contribution in [2.24, 2.45) is 0 Å². The van der Waals surface area contributed by atoms with E-state index in [0.717, 1.165) is 28.7 Å². The molecule has 0 N–H and O–H groups in total. The first-order valence-electron chi connectivity index (χ1n) is 7.17. The minimum Gasteiger partial charge on any atom is -0.289 e. The number of carbonyl (C=O) groups excluding carboxylic acids is 1. The highest BCUT2D eigenvalue weighted by atomic mass is 16.1. The molecule has 2 heteroatoms. The van der Waals surface area contributed by atoms with Gasteiger partial charge in [0.25, 0.3) is 0 Å². The van der Waals surface area contributed by atoms with Gasteiger partial charge in [-0.3, -0.25) is 4.79 Å². The monoisotopic (exact) mass is 264 g/mol. The summed E-state index contributed by atoms with van der Waals surface area (Å²) >= 11 is 0. The fraction of sp³-hybridized carbons (Fsp3) is 0.278. The molecule has 0 amide bonds. The van der Waals surface area contributed by atoms with Crippen molar-refractivity contribution in [1.29, 1.82) is 0 Å². The molecule has 0 radical (unpaired) electrons. The molecular formula is C18H21BO. The van der Waals surface area contributed by atoms with E-state index in [1.54, 1.807) is 0 Å². The predicted octanol–water partition coefficient (Wildman–Crippen LogP) is 3.35. The molecule has 0 spiro atoms. The van der Waals surface area contributed by atoms with Gasteiger partial charge < -0.3 is 0 Å². The van der Waals surface area contributed by atoms with Gasteiger partial charge in [0.05, 0.1) is 0 Å². The number of hydrogen-bond donors (Lipinski definition) is 0. The fourth-order valence-corrected chi connectivity index (χ4v) is 2.53. The van der Waals surface area contributed by atoms with Gasteiger partial charge in [0.1, 0.15) is 7.85 Å². The van der Waals surface area contributed by atoms with Gasteiger partial charge in [-0.1, -0.05) is 69.3 Å². The quantitative estimate of drug-likeness (QED) is 0.611. The van der Waals surface area contributed by atoms with Crippen molar-refractivity contribution >= 4 is 13.6 Å². The van der Waals surface area contributed by atoms with E-state index in [2.05, 4.69) is 34.7 Å². The minimum absolute atomic E-state index is 0.0343. The molecule has 0 saturated carbocycles. The molecule has 2 rings (SSSR count). The number of benzene rings is 2. The summed E-state index contributed by atoms with van der Waals surface area (Å²) in [6.07, 6.45) is 0.875. The lowest BCUT2D eigenvalue weighted by atomic mass is 9.65. The molecule has 0 aromatic heterocycles. The van der Waals surface area contributed by atoms with E-state index in [4.69, 9.17) is 0 Å². The summed E-state index contributed by atoms with van der Waals surface area (Å²) in [4.78, 5) is 12.9. The van der Waals surface area contributed by atoms with Crippen LogP contribution in [0.1, 0.15) is 47.8 Å². The van der Waals surface area contributed by atoms with Gasteiger partial charge in [0, 0.05) is 11.1 Å². The molecule has 1 nitrogen and oxygen atoms in total. The van der Waals surface area contributed by atoms with Gasteiger partial charge in [-0.05, 0) is 22.9 Å². The molecule has 0 heterocycles. The second kappa shape index (κ2) is 5.66. The lowest BCUT2D eigenvalue weighted by Crippen LogP contribution is -2.21. The van der Waals surface area contributed by atoms with E-state index in [0.29, 0.717) is 0 Å². The van der Waals surface area contributed by atoms with Crippen LogP contribution in [-0.4, -0.2) is 13.6 Å². The third kappa shape index (κ3) is 2.85. The summed E-state index contributed by atoms with van der Waals surface area (Å²) < 4.78 is 0. The summed E-state index contributed by atoms with van der Waals surface area (Å²) in [6, 6.07) is 15.8. The molecule has 0 aliphatic rings. The van der Waals surface area contributed by atoms with Crippen LogP contribution in [0.15, 0.2) is 48.5 Å². The maximum atomic E-state index is 12.9. The molecule has 0 atom stereocenters. The van der Waals surface area contributed by atoms with Crippen LogP contribution in [0.5, 0.6) is 0 Å². The van der Waals surface area contributed by atoms with Gasteiger partial charge in [0.2, 0.25) is 0 Å². The zero-order valence-corrected chi connectivity index (χ0v) is 12.7. The lowest BCUT2D eigenvalue weighted by Gasteiger charge is -2.22. The van der Waals surface area contributed by atoms with Crippen LogP contribution < -0.4 is 0 Å². The highest BCUT2D eigenvalue weighted by molar-refractivity contribution is 6.18. The van der Waals surface area contributed by atoms with Crippen molar-refractivity contribution in [2.45, 2.75) is 32.5 Å². The number of aryl methyl sites for hydroxylation is 1. The van der Waals surface area contributed by atoms with Crippen LogP contribution in [0.4, 0.5) is 0 Å². The zero-order valence-electron chi connectivity index (χ0n) is 12.7. The van der Waals surface area contributed by atoms with Crippen LogP contribution >= 0.6 is 0 Å². The third-order valence-electron chi connectivity index (χ3n) is 3.62. The summed E-state index contributed by atoms with van der Waals surface area (Å²) in [5.74, 6) is 0.132. The van der Waals surface area contributed by atoms with Crippen molar-refractivity contribution in [2.75, 3.05) is 0 Å². The van der Waals surface area contributed by atoms with Crippen molar-refractivity contribution < 1.29 is 4.79 Å². The highest BCUT2D eigenvalue weighted by Gasteiger charge is 2.22. The molecule has 0 unspecified atom stereocenters. The van der Waals surface area contributed by atoms with Gasteiger partial charge in [-0.15, -0.1) is 0 Å². The second-order valence-corrected chi connectivity index (χ2v) is 6.14. The van der Waals surface area contributed by atoms with Crippen molar-refractivity contribution in [3.63, 3.8) is 0 Å². The average Bonchev–Trinajstić information content (AvgIpc) is 2.45. The first kappa shape index (κ1) is 14.6. The fourth-order valence-electron chi connectivity index (χ4n) is 2.53. The third-order valence-corrected chi connectivity index (χ3v) is 3.62. The summed E-state index contributed by atoms with van der Waals surface area (Å²) in [7, 11) is 2.14. The Morgan fingerprint density at radius 3 is 2.15 bits per heavy atom. The van der Waals surface area contributed by atoms with Crippen LogP contribution in [0.3, 0.4) is 0 Å². The van der Waals surface area contributed by atoms with E-state index in [1.165, 1.54) is 0 Å². The molecule has 0 saturated heterocycles. The molecular weight excluding hydrogens is 243 g/mol. The van der Waals surface area contributed by atoms with E-state index < -0.39 is 0 Å². The van der Waals surface area contributed by atoms with Crippen molar-refractivity contribution in [3.8, 4) is 0 Å². The Balaban J connectivity index is 2.55. The second-order valence-electron chi connectivity index (χ2n) is 6.14. The molecule has 102 valence electrons. The van der Waals surface area contributed by atoms with Gasteiger partial charge in [-0.25, -0.2) is 0 Å². The highest BCUT2D eigenvalue weighted by Crippen LogP contribution is 2.26. The van der Waals surface area contributed by atoms with E-state index in [1.807, 2.05) is 42.5 Å². The Bertz CT molecular complexity index is 623. The van der Waals surface area contributed by atoms with Crippen LogP contribution in [0.25, 0.3) is 0 Å².